The van der Waals surface area contributed by atoms with Crippen molar-refractivity contribution >= 4 is 5.97 Å². The SMILES string of the molecule is O=C(O)c1cc(-c2ccc(C3CCNCC3)cc2)on1. The maximum absolute atomic E-state index is 10.8. The topological polar surface area (TPSA) is 75.4 Å². The number of carboxylic acid groups (broad SMARTS) is 1. The highest BCUT2D eigenvalue weighted by atomic mass is 16.5. The number of nitrogens with one attached hydrogen (secondary N) is 1. The van der Waals surface area contributed by atoms with Crippen molar-refractivity contribution < 1.29 is 14.4 Å². The molecule has 2 heterocycles. The van der Waals surface area contributed by atoms with Crippen LogP contribution in [0.1, 0.15) is 34.8 Å². The lowest BCUT2D eigenvalue weighted by Gasteiger charge is -2.22. The molecule has 5 nitrogen and oxygen atoms in total. The fourth-order valence-corrected chi connectivity index (χ4v) is 2.59. The Labute approximate surface area is 116 Å². The first-order chi connectivity index (χ1) is 9.74. The fraction of sp³-hybridized carbons (Fsp3) is 0.333. The van der Waals surface area contributed by atoms with Gasteiger partial charge in [-0.3, -0.25) is 0 Å². The molecule has 0 spiro atoms. The smallest absolute Gasteiger partial charge is 0.358 e. The van der Waals surface area contributed by atoms with Gasteiger partial charge in [0.25, 0.3) is 0 Å². The zero-order chi connectivity index (χ0) is 13.9. The van der Waals surface area contributed by atoms with Gasteiger partial charge in [0.15, 0.2) is 11.5 Å². The van der Waals surface area contributed by atoms with E-state index in [1.165, 1.54) is 11.6 Å². The second-order valence-electron chi connectivity index (χ2n) is 5.03. The third kappa shape index (κ3) is 2.58. The third-order valence-electron chi connectivity index (χ3n) is 3.74. The Balaban J connectivity index is 1.79. The van der Waals surface area contributed by atoms with Gasteiger partial charge in [-0.25, -0.2) is 4.79 Å². The molecule has 1 fully saturated rings. The summed E-state index contributed by atoms with van der Waals surface area (Å²) in [6.45, 7) is 2.13. The minimum Gasteiger partial charge on any atom is -0.476 e. The van der Waals surface area contributed by atoms with E-state index in [1.54, 1.807) is 0 Å². The zero-order valence-corrected chi connectivity index (χ0v) is 11.0. The first kappa shape index (κ1) is 12.9. The van der Waals surface area contributed by atoms with Crippen molar-refractivity contribution in [3.05, 3.63) is 41.6 Å². The van der Waals surface area contributed by atoms with Gasteiger partial charge in [-0.05, 0) is 37.4 Å². The van der Waals surface area contributed by atoms with Gasteiger partial charge in [-0.1, -0.05) is 29.4 Å². The van der Waals surface area contributed by atoms with Crippen LogP contribution in [0.25, 0.3) is 11.3 Å². The van der Waals surface area contributed by atoms with E-state index in [9.17, 15) is 4.79 Å². The van der Waals surface area contributed by atoms with Gasteiger partial charge >= 0.3 is 5.97 Å². The normalized spacial score (nSPS) is 16.2. The Morgan fingerprint density at radius 3 is 2.55 bits per heavy atom. The first-order valence-electron chi connectivity index (χ1n) is 6.75. The van der Waals surface area contributed by atoms with Crippen molar-refractivity contribution in [2.45, 2.75) is 18.8 Å². The molecule has 1 aromatic carbocycles. The predicted octanol–water partition coefficient (Wildman–Crippen LogP) is 2.51. The molecule has 1 aromatic heterocycles. The summed E-state index contributed by atoms with van der Waals surface area (Å²) in [5.41, 5.74) is 2.11. The van der Waals surface area contributed by atoms with Crippen LogP contribution in [0.2, 0.25) is 0 Å². The van der Waals surface area contributed by atoms with Crippen LogP contribution in [0, 0.1) is 0 Å². The molecule has 1 aliphatic heterocycles. The number of carbonyl (C=O) groups is 1. The van der Waals surface area contributed by atoms with Gasteiger partial charge in [0.1, 0.15) is 0 Å². The van der Waals surface area contributed by atoms with Crippen LogP contribution >= 0.6 is 0 Å². The molecule has 0 atom stereocenters. The second-order valence-corrected chi connectivity index (χ2v) is 5.03. The molecule has 0 radical (unpaired) electrons. The average Bonchev–Trinajstić information content (AvgIpc) is 2.98. The predicted molar refractivity (Wildman–Crippen MR) is 73.7 cm³/mol. The van der Waals surface area contributed by atoms with Crippen LogP contribution in [0.5, 0.6) is 0 Å². The summed E-state index contributed by atoms with van der Waals surface area (Å²) in [6, 6.07) is 9.55. The highest BCUT2D eigenvalue weighted by Gasteiger charge is 2.16. The van der Waals surface area contributed by atoms with Gasteiger partial charge < -0.3 is 14.9 Å². The van der Waals surface area contributed by atoms with Gasteiger partial charge in [-0.2, -0.15) is 0 Å². The monoisotopic (exact) mass is 272 g/mol. The standard InChI is InChI=1S/C15H16N2O3/c18-15(19)13-9-14(20-17-13)12-3-1-10(2-4-12)11-5-7-16-8-6-11/h1-4,9,11,16H,5-8H2,(H,18,19). The molecule has 5 heteroatoms. The number of carboxylic acids is 1. The number of hydrogen-bond acceptors (Lipinski definition) is 4. The van der Waals surface area contributed by atoms with E-state index in [0.717, 1.165) is 31.5 Å². The number of benzene rings is 1. The van der Waals surface area contributed by atoms with Crippen molar-refractivity contribution in [2.75, 3.05) is 13.1 Å². The van der Waals surface area contributed by atoms with Crippen LogP contribution in [0.15, 0.2) is 34.9 Å². The molecule has 20 heavy (non-hydrogen) atoms. The molecule has 2 N–H and O–H groups in total. The molecule has 104 valence electrons. The van der Waals surface area contributed by atoms with Gasteiger partial charge in [0.2, 0.25) is 0 Å². The highest BCUT2D eigenvalue weighted by Crippen LogP contribution is 2.28. The molecule has 0 saturated carbocycles. The van der Waals surface area contributed by atoms with Crippen molar-refractivity contribution in [1.82, 2.24) is 10.5 Å². The molecule has 0 aliphatic carbocycles. The van der Waals surface area contributed by atoms with E-state index >= 15 is 0 Å². The molecule has 0 unspecified atom stereocenters. The minimum absolute atomic E-state index is 0.0672. The maximum Gasteiger partial charge on any atom is 0.358 e. The molecular weight excluding hydrogens is 256 g/mol. The van der Waals surface area contributed by atoms with E-state index in [-0.39, 0.29) is 5.69 Å². The molecule has 2 aromatic rings. The number of aromatic nitrogens is 1. The van der Waals surface area contributed by atoms with Gasteiger partial charge in [0.05, 0.1) is 0 Å². The van der Waals surface area contributed by atoms with Crippen LogP contribution < -0.4 is 5.32 Å². The van der Waals surface area contributed by atoms with E-state index in [0.29, 0.717) is 11.7 Å². The first-order valence-corrected chi connectivity index (χ1v) is 6.75. The Kier molecular flexibility index (Phi) is 3.52. The summed E-state index contributed by atoms with van der Waals surface area (Å²) in [5.74, 6) is 0.0141. The number of hydrogen-bond donors (Lipinski definition) is 2. The van der Waals surface area contributed by atoms with E-state index < -0.39 is 5.97 Å². The number of rotatable bonds is 3. The lowest BCUT2D eigenvalue weighted by Crippen LogP contribution is -2.26. The largest absolute Gasteiger partial charge is 0.476 e. The summed E-state index contributed by atoms with van der Waals surface area (Å²) in [4.78, 5) is 10.8. The van der Waals surface area contributed by atoms with Crippen LogP contribution in [0.3, 0.4) is 0 Å². The molecule has 0 amide bonds. The minimum atomic E-state index is -1.08. The third-order valence-corrected chi connectivity index (χ3v) is 3.74. The van der Waals surface area contributed by atoms with Crippen molar-refractivity contribution in [3.8, 4) is 11.3 Å². The Morgan fingerprint density at radius 1 is 1.25 bits per heavy atom. The van der Waals surface area contributed by atoms with Crippen LogP contribution in [-0.2, 0) is 0 Å². The van der Waals surface area contributed by atoms with Crippen LogP contribution in [0.4, 0.5) is 0 Å². The van der Waals surface area contributed by atoms with Crippen molar-refractivity contribution in [2.24, 2.45) is 0 Å². The highest BCUT2D eigenvalue weighted by molar-refractivity contribution is 5.86. The van der Waals surface area contributed by atoms with Crippen molar-refractivity contribution in [1.29, 1.82) is 0 Å². The summed E-state index contributed by atoms with van der Waals surface area (Å²) in [7, 11) is 0. The Bertz CT molecular complexity index is 598. The molecule has 1 saturated heterocycles. The van der Waals surface area contributed by atoms with Crippen LogP contribution in [-0.4, -0.2) is 29.3 Å². The van der Waals surface area contributed by atoms with E-state index in [2.05, 4.69) is 22.6 Å². The second kappa shape index (κ2) is 5.46. The Hall–Kier alpha value is -2.14. The molecule has 0 bridgehead atoms. The average molecular weight is 272 g/mol. The fourth-order valence-electron chi connectivity index (χ4n) is 2.59. The number of aromatic carboxylic acids is 1. The lowest BCUT2D eigenvalue weighted by molar-refractivity contribution is 0.0686. The number of piperidine rings is 1. The van der Waals surface area contributed by atoms with Crippen molar-refractivity contribution in [3.63, 3.8) is 0 Å². The lowest BCUT2D eigenvalue weighted by atomic mass is 9.90. The summed E-state index contributed by atoms with van der Waals surface area (Å²) in [6.07, 6.45) is 2.32. The molecule has 3 rings (SSSR count). The maximum atomic E-state index is 10.8. The summed E-state index contributed by atoms with van der Waals surface area (Å²) >= 11 is 0. The summed E-state index contributed by atoms with van der Waals surface area (Å²) < 4.78 is 5.06. The molecular formula is C15H16N2O3. The van der Waals surface area contributed by atoms with E-state index in [1.807, 2.05) is 12.1 Å². The summed E-state index contributed by atoms with van der Waals surface area (Å²) in [5, 5.41) is 15.7. The molecule has 1 aliphatic rings. The van der Waals surface area contributed by atoms with Gasteiger partial charge in [-0.15, -0.1) is 0 Å². The van der Waals surface area contributed by atoms with Gasteiger partial charge in [0, 0.05) is 11.6 Å². The number of nitrogens with zero attached hydrogens (tertiary/aromatic N) is 1. The Morgan fingerprint density at radius 2 is 1.95 bits per heavy atom. The zero-order valence-electron chi connectivity index (χ0n) is 11.0. The quantitative estimate of drug-likeness (QED) is 0.898. The van der Waals surface area contributed by atoms with E-state index in [4.69, 9.17) is 9.63 Å².